The summed E-state index contributed by atoms with van der Waals surface area (Å²) in [6.07, 6.45) is 1.69. The molecule has 1 aliphatic rings. The van der Waals surface area contributed by atoms with Crippen LogP contribution in [0.1, 0.15) is 19.4 Å². The first-order chi connectivity index (χ1) is 7.98. The predicted octanol–water partition coefficient (Wildman–Crippen LogP) is 2.61. The van der Waals surface area contributed by atoms with Crippen LogP contribution in [0.25, 0.3) is 0 Å². The molecule has 0 aromatic carbocycles. The number of nitrogens with one attached hydrogen (secondary N) is 1. The molecular formula is C12H17ClN2O2. The molecule has 2 heterocycles. The third kappa shape index (κ3) is 3.09. The molecule has 0 amide bonds. The van der Waals surface area contributed by atoms with Crippen molar-refractivity contribution in [3.8, 4) is 0 Å². The van der Waals surface area contributed by atoms with Gasteiger partial charge in [0.1, 0.15) is 0 Å². The summed E-state index contributed by atoms with van der Waals surface area (Å²) in [4.78, 5) is 4.06. The zero-order valence-corrected chi connectivity index (χ0v) is 11.0. The summed E-state index contributed by atoms with van der Waals surface area (Å²) in [6.45, 7) is 7.00. The van der Waals surface area contributed by atoms with Crippen LogP contribution in [0.4, 0.5) is 5.69 Å². The molecule has 0 spiro atoms. The van der Waals surface area contributed by atoms with Crippen LogP contribution < -0.4 is 5.32 Å². The Bertz CT molecular complexity index is 379. The van der Waals surface area contributed by atoms with E-state index in [0.717, 1.165) is 11.3 Å². The average Bonchev–Trinajstić information content (AvgIpc) is 2.26. The van der Waals surface area contributed by atoms with Crippen molar-refractivity contribution in [2.24, 2.45) is 0 Å². The highest BCUT2D eigenvalue weighted by molar-refractivity contribution is 6.32. The molecule has 1 saturated heterocycles. The van der Waals surface area contributed by atoms with Gasteiger partial charge in [-0.05, 0) is 32.4 Å². The van der Waals surface area contributed by atoms with E-state index in [1.165, 1.54) is 0 Å². The Morgan fingerprint density at radius 3 is 2.65 bits per heavy atom. The molecule has 0 saturated carbocycles. The van der Waals surface area contributed by atoms with Crippen molar-refractivity contribution < 1.29 is 9.47 Å². The van der Waals surface area contributed by atoms with E-state index in [-0.39, 0.29) is 6.04 Å². The molecule has 1 aromatic heterocycles. The van der Waals surface area contributed by atoms with Gasteiger partial charge in [0, 0.05) is 6.20 Å². The molecular weight excluding hydrogens is 240 g/mol. The molecule has 4 nitrogen and oxygen atoms in total. The van der Waals surface area contributed by atoms with Crippen LogP contribution in [-0.2, 0) is 9.47 Å². The first-order valence-corrected chi connectivity index (χ1v) is 6.01. The molecule has 0 unspecified atom stereocenters. The van der Waals surface area contributed by atoms with Gasteiger partial charge in [0.2, 0.25) is 0 Å². The second-order valence-corrected chi connectivity index (χ2v) is 5.01. The average molecular weight is 257 g/mol. The van der Waals surface area contributed by atoms with Gasteiger partial charge in [-0.15, -0.1) is 0 Å². The van der Waals surface area contributed by atoms with E-state index < -0.39 is 5.79 Å². The lowest BCUT2D eigenvalue weighted by Crippen LogP contribution is -2.45. The van der Waals surface area contributed by atoms with Gasteiger partial charge < -0.3 is 14.8 Å². The molecule has 94 valence electrons. The maximum Gasteiger partial charge on any atom is 0.162 e. The van der Waals surface area contributed by atoms with Crippen LogP contribution >= 0.6 is 11.6 Å². The van der Waals surface area contributed by atoms with Gasteiger partial charge in [0.15, 0.2) is 10.9 Å². The largest absolute Gasteiger partial charge is 0.375 e. The number of hydrogen-bond donors (Lipinski definition) is 1. The number of halogens is 1. The molecule has 17 heavy (non-hydrogen) atoms. The zero-order valence-electron chi connectivity index (χ0n) is 10.3. The van der Waals surface area contributed by atoms with Gasteiger partial charge in [-0.25, -0.2) is 4.98 Å². The van der Waals surface area contributed by atoms with Crippen LogP contribution in [0.3, 0.4) is 0 Å². The van der Waals surface area contributed by atoms with Crippen molar-refractivity contribution in [1.82, 2.24) is 4.98 Å². The maximum absolute atomic E-state index is 6.05. The Morgan fingerprint density at radius 2 is 2.06 bits per heavy atom. The summed E-state index contributed by atoms with van der Waals surface area (Å²) in [6, 6.07) is 2.02. The molecule has 0 atom stereocenters. The van der Waals surface area contributed by atoms with Gasteiger partial charge in [0.05, 0.1) is 24.9 Å². The van der Waals surface area contributed by atoms with Gasteiger partial charge in [-0.1, -0.05) is 11.6 Å². The van der Waals surface area contributed by atoms with Gasteiger partial charge in [0.25, 0.3) is 0 Å². The van der Waals surface area contributed by atoms with E-state index >= 15 is 0 Å². The maximum atomic E-state index is 6.05. The summed E-state index contributed by atoms with van der Waals surface area (Å²) in [5.74, 6) is -0.494. The summed E-state index contributed by atoms with van der Waals surface area (Å²) in [5, 5.41) is 3.79. The molecule has 0 radical (unpaired) electrons. The standard InChI is InChI=1S/C12H17ClN2O2/c1-8-4-5-14-11(13)10(8)15-9-6-16-12(2,3)17-7-9/h4-5,9,15H,6-7H2,1-3H3. The van der Waals surface area contributed by atoms with Crippen LogP contribution in [0.2, 0.25) is 5.15 Å². The second kappa shape index (κ2) is 4.80. The normalized spacial score (nSPS) is 20.2. The zero-order chi connectivity index (χ0) is 12.5. The second-order valence-electron chi connectivity index (χ2n) is 4.66. The Hall–Kier alpha value is -0.840. The molecule has 1 aliphatic heterocycles. The van der Waals surface area contributed by atoms with Crippen molar-refractivity contribution in [2.75, 3.05) is 18.5 Å². The van der Waals surface area contributed by atoms with Crippen LogP contribution in [-0.4, -0.2) is 30.0 Å². The van der Waals surface area contributed by atoms with Crippen molar-refractivity contribution in [2.45, 2.75) is 32.6 Å². The number of rotatable bonds is 2. The van der Waals surface area contributed by atoms with Crippen molar-refractivity contribution in [1.29, 1.82) is 0 Å². The molecule has 0 aliphatic carbocycles. The lowest BCUT2D eigenvalue weighted by molar-refractivity contribution is -0.247. The fraction of sp³-hybridized carbons (Fsp3) is 0.583. The fourth-order valence-corrected chi connectivity index (χ4v) is 1.94. The van der Waals surface area contributed by atoms with Crippen LogP contribution in [0.5, 0.6) is 0 Å². The van der Waals surface area contributed by atoms with Crippen LogP contribution in [0, 0.1) is 6.92 Å². The quantitative estimate of drug-likeness (QED) is 0.826. The third-order valence-electron chi connectivity index (χ3n) is 2.73. The molecule has 1 fully saturated rings. The molecule has 0 bridgehead atoms. The highest BCUT2D eigenvalue weighted by Gasteiger charge is 2.28. The fourth-order valence-electron chi connectivity index (χ4n) is 1.68. The number of pyridine rings is 1. The Kier molecular flexibility index (Phi) is 3.56. The van der Waals surface area contributed by atoms with Crippen molar-refractivity contribution >= 4 is 17.3 Å². The highest BCUT2D eigenvalue weighted by atomic mass is 35.5. The van der Waals surface area contributed by atoms with E-state index in [1.807, 2.05) is 26.8 Å². The first-order valence-electron chi connectivity index (χ1n) is 5.63. The van der Waals surface area contributed by atoms with Crippen molar-refractivity contribution in [3.63, 3.8) is 0 Å². The number of hydrogen-bond acceptors (Lipinski definition) is 4. The number of aryl methyl sites for hydroxylation is 1. The van der Waals surface area contributed by atoms with Gasteiger partial charge in [-0.2, -0.15) is 0 Å². The summed E-state index contributed by atoms with van der Waals surface area (Å²) in [5.41, 5.74) is 1.92. The first kappa shape index (κ1) is 12.6. The Morgan fingerprint density at radius 1 is 1.41 bits per heavy atom. The van der Waals surface area contributed by atoms with E-state index in [2.05, 4.69) is 10.3 Å². The predicted molar refractivity (Wildman–Crippen MR) is 67.4 cm³/mol. The number of aromatic nitrogens is 1. The lowest BCUT2D eigenvalue weighted by Gasteiger charge is -2.35. The van der Waals surface area contributed by atoms with Crippen molar-refractivity contribution in [3.05, 3.63) is 23.0 Å². The summed E-state index contributed by atoms with van der Waals surface area (Å²) < 4.78 is 11.2. The van der Waals surface area contributed by atoms with Crippen LogP contribution in [0.15, 0.2) is 12.3 Å². The minimum Gasteiger partial charge on any atom is -0.375 e. The summed E-state index contributed by atoms with van der Waals surface area (Å²) >= 11 is 6.05. The molecule has 2 rings (SSSR count). The smallest absolute Gasteiger partial charge is 0.162 e. The lowest BCUT2D eigenvalue weighted by atomic mass is 10.2. The molecule has 1 N–H and O–H groups in total. The topological polar surface area (TPSA) is 43.4 Å². The van der Waals surface area contributed by atoms with E-state index in [4.69, 9.17) is 21.1 Å². The van der Waals surface area contributed by atoms with E-state index in [1.54, 1.807) is 6.20 Å². The number of anilines is 1. The van der Waals surface area contributed by atoms with Gasteiger partial charge >= 0.3 is 0 Å². The van der Waals surface area contributed by atoms with E-state index in [0.29, 0.717) is 18.4 Å². The molecule has 1 aromatic rings. The number of nitrogens with zero attached hydrogens (tertiary/aromatic N) is 1. The van der Waals surface area contributed by atoms with Gasteiger partial charge in [-0.3, -0.25) is 0 Å². The van der Waals surface area contributed by atoms with E-state index in [9.17, 15) is 0 Å². The molecule has 5 heteroatoms. The third-order valence-corrected chi connectivity index (χ3v) is 3.01. The minimum absolute atomic E-state index is 0.100. The monoisotopic (exact) mass is 256 g/mol. The number of ether oxygens (including phenoxy) is 2. The summed E-state index contributed by atoms with van der Waals surface area (Å²) in [7, 11) is 0. The highest BCUT2D eigenvalue weighted by Crippen LogP contribution is 2.25. The Labute approximate surface area is 106 Å². The minimum atomic E-state index is -0.494. The Balaban J connectivity index is 2.03. The SMILES string of the molecule is Cc1ccnc(Cl)c1NC1COC(C)(C)OC1.